The zero-order valence-corrected chi connectivity index (χ0v) is 43.5. The number of oxazole rings is 2. The third-order valence-electron chi connectivity index (χ3n) is 13.9. The Morgan fingerprint density at radius 1 is 0.635 bits per heavy atom. The molecule has 2 aliphatic rings. The number of methoxy groups -OCH3 is 2. The van der Waals surface area contributed by atoms with E-state index in [-0.39, 0.29) is 37.5 Å². The van der Waals surface area contributed by atoms with Gasteiger partial charge in [0.05, 0.1) is 48.8 Å². The first-order chi connectivity index (χ1) is 35.6. The van der Waals surface area contributed by atoms with Crippen molar-refractivity contribution in [1.29, 1.82) is 0 Å². The minimum atomic E-state index is -1.92. The Morgan fingerprint density at radius 2 is 1.07 bits per heavy atom. The number of carbonyl (C=O) groups is 4. The van der Waals surface area contributed by atoms with Gasteiger partial charge in [0, 0.05) is 75.5 Å². The Balaban J connectivity index is 0.000000217. The van der Waals surface area contributed by atoms with Crippen LogP contribution in [0.4, 0.5) is 8.78 Å². The van der Waals surface area contributed by atoms with E-state index in [1.165, 1.54) is 0 Å². The molecule has 0 unspecified atom stereocenters. The van der Waals surface area contributed by atoms with E-state index in [0.29, 0.717) is 97.8 Å². The van der Waals surface area contributed by atoms with Crippen LogP contribution in [0.25, 0.3) is 44.5 Å². The number of hydrogen-bond donors (Lipinski definition) is 2. The molecule has 0 saturated carbocycles. The smallest absolute Gasteiger partial charge is 0.261 e. The summed E-state index contributed by atoms with van der Waals surface area (Å²) in [4.78, 5) is 70.9. The number of nitrogens with zero attached hydrogens (tertiary/aromatic N) is 6. The van der Waals surface area contributed by atoms with Gasteiger partial charge in [-0.25, -0.2) is 28.7 Å². The molecular weight excluding hydrogens is 951 g/mol. The van der Waals surface area contributed by atoms with Crippen LogP contribution in [0.1, 0.15) is 128 Å². The number of hydrogen-bond acceptors (Lipinski definition) is 14. The molecule has 2 aromatic carbocycles. The fraction of sp³-hybridized carbons (Fsp3) is 0.500. The first-order valence-corrected chi connectivity index (χ1v) is 25.9. The molecule has 8 rings (SSSR count). The molecule has 6 heterocycles. The molecule has 0 spiro atoms. The molecule has 2 atom stereocenters. The normalized spacial score (nSPS) is 16.1. The van der Waals surface area contributed by atoms with Crippen LogP contribution in [0.3, 0.4) is 0 Å². The summed E-state index contributed by atoms with van der Waals surface area (Å²) >= 11 is 0. The number of alkyl halides is 2. The van der Waals surface area contributed by atoms with E-state index < -0.39 is 35.2 Å². The van der Waals surface area contributed by atoms with Crippen molar-refractivity contribution in [2.24, 2.45) is 0 Å². The van der Waals surface area contributed by atoms with Gasteiger partial charge in [0.1, 0.15) is 23.7 Å². The minimum Gasteiger partial charge on any atom is -0.480 e. The molecule has 6 aromatic rings. The van der Waals surface area contributed by atoms with Crippen molar-refractivity contribution >= 4 is 45.2 Å². The SMILES string of the molecule is CCC(=O)CCCCC[C@H](NC(=O)C1(F)CCN(C)CC1)c1ncc(-c2cc3ccccc3nc2OC)o1.CCC(=O)CCCCC[C@H](NC(=O)C1(F)CN(C)C1)c1ncc(-c2cc3ccccc3nc2OC)o1. The molecular formula is C56H70F2N8O8. The second-order valence-electron chi connectivity index (χ2n) is 19.5. The van der Waals surface area contributed by atoms with Gasteiger partial charge in [0.15, 0.2) is 17.2 Å². The number of rotatable bonds is 24. The molecule has 0 bridgehead atoms. The molecule has 0 radical (unpaired) electrons. The van der Waals surface area contributed by atoms with Crippen molar-refractivity contribution in [1.82, 2.24) is 40.4 Å². The average Bonchev–Trinajstić information content (AvgIpc) is 4.11. The summed E-state index contributed by atoms with van der Waals surface area (Å²) in [5.74, 6) is 1.52. The largest absolute Gasteiger partial charge is 0.480 e. The Bertz CT molecular complexity index is 2860. The summed E-state index contributed by atoms with van der Waals surface area (Å²) < 4.78 is 53.7. The summed E-state index contributed by atoms with van der Waals surface area (Å²) in [5, 5.41) is 7.56. The van der Waals surface area contributed by atoms with Crippen LogP contribution in [-0.2, 0) is 19.2 Å². The van der Waals surface area contributed by atoms with Gasteiger partial charge in [-0.05, 0) is 64.0 Å². The van der Waals surface area contributed by atoms with Crippen molar-refractivity contribution in [2.45, 2.75) is 127 Å². The third kappa shape index (κ3) is 13.9. The van der Waals surface area contributed by atoms with Crippen LogP contribution in [0.15, 0.2) is 81.9 Å². The lowest BCUT2D eigenvalue weighted by Crippen LogP contribution is -2.64. The number of aromatic nitrogens is 4. The van der Waals surface area contributed by atoms with Gasteiger partial charge in [0.25, 0.3) is 11.8 Å². The predicted octanol–water partition coefficient (Wildman–Crippen LogP) is 10.1. The molecule has 2 saturated heterocycles. The van der Waals surface area contributed by atoms with E-state index in [1.807, 2.05) is 86.5 Å². The molecule has 2 amide bonds. The van der Waals surface area contributed by atoms with E-state index in [1.54, 1.807) is 38.6 Å². The summed E-state index contributed by atoms with van der Waals surface area (Å²) in [6.07, 6.45) is 11.4. The maximum Gasteiger partial charge on any atom is 0.261 e. The lowest BCUT2D eigenvalue weighted by Gasteiger charge is -2.41. The summed E-state index contributed by atoms with van der Waals surface area (Å²) in [7, 11) is 6.78. The zero-order chi connectivity index (χ0) is 52.8. The van der Waals surface area contributed by atoms with E-state index in [4.69, 9.17) is 18.3 Å². The van der Waals surface area contributed by atoms with Crippen LogP contribution in [0.2, 0.25) is 0 Å². The number of nitrogens with one attached hydrogen (secondary N) is 2. The maximum absolute atomic E-state index is 15.6. The lowest BCUT2D eigenvalue weighted by molar-refractivity contribution is -0.144. The van der Waals surface area contributed by atoms with Crippen LogP contribution in [0, 0.1) is 0 Å². The molecule has 396 valence electrons. The highest BCUT2D eigenvalue weighted by molar-refractivity contribution is 5.88. The number of pyridine rings is 2. The van der Waals surface area contributed by atoms with Crippen molar-refractivity contribution in [3.63, 3.8) is 0 Å². The van der Waals surface area contributed by atoms with Gasteiger partial charge in [0.2, 0.25) is 29.2 Å². The van der Waals surface area contributed by atoms with Crippen LogP contribution < -0.4 is 20.1 Å². The van der Waals surface area contributed by atoms with Crippen molar-refractivity contribution in [3.8, 4) is 34.4 Å². The minimum absolute atomic E-state index is 0.0570. The number of likely N-dealkylation sites (tertiary alicyclic amines) is 2. The molecule has 18 heteroatoms. The molecule has 2 aliphatic heterocycles. The van der Waals surface area contributed by atoms with E-state index in [9.17, 15) is 23.6 Å². The quantitative estimate of drug-likeness (QED) is 0.0544. The first-order valence-electron chi connectivity index (χ1n) is 25.9. The number of piperidine rings is 1. The molecule has 2 fully saturated rings. The van der Waals surface area contributed by atoms with E-state index in [2.05, 4.69) is 30.6 Å². The number of ketones is 2. The van der Waals surface area contributed by atoms with E-state index >= 15 is 4.39 Å². The lowest BCUT2D eigenvalue weighted by atomic mass is 9.92. The number of Topliss-reactive ketones (excluding diaryl/α,β-unsaturated/α-hetero) is 2. The average molecular weight is 1020 g/mol. The first kappa shape index (κ1) is 55.1. The Morgan fingerprint density at radius 3 is 1.49 bits per heavy atom. The van der Waals surface area contributed by atoms with Gasteiger partial charge >= 0.3 is 0 Å². The van der Waals surface area contributed by atoms with Crippen molar-refractivity contribution in [3.05, 3.63) is 84.8 Å². The topological polar surface area (TPSA) is 195 Å². The van der Waals surface area contributed by atoms with Gasteiger partial charge in [-0.1, -0.05) is 75.9 Å². The second kappa shape index (κ2) is 25.5. The Labute approximate surface area is 431 Å². The fourth-order valence-corrected chi connectivity index (χ4v) is 9.30. The summed E-state index contributed by atoms with van der Waals surface area (Å²) in [6, 6.07) is 18.1. The number of para-hydroxylation sites is 2. The molecule has 2 N–H and O–H groups in total. The van der Waals surface area contributed by atoms with Crippen molar-refractivity contribution in [2.75, 3.05) is 54.5 Å². The number of fused-ring (bicyclic) bond motifs is 2. The summed E-state index contributed by atoms with van der Waals surface area (Å²) in [6.45, 7) is 4.89. The highest BCUT2D eigenvalue weighted by atomic mass is 19.1. The van der Waals surface area contributed by atoms with Gasteiger partial charge < -0.3 is 33.8 Å². The van der Waals surface area contributed by atoms with Crippen LogP contribution in [0.5, 0.6) is 11.8 Å². The van der Waals surface area contributed by atoms with Gasteiger partial charge in [-0.2, -0.15) is 0 Å². The Kier molecular flexibility index (Phi) is 19.0. The number of ether oxygens (including phenoxy) is 2. The van der Waals surface area contributed by atoms with Gasteiger partial charge in [-0.15, -0.1) is 0 Å². The number of unbranched alkanes of at least 4 members (excludes halogenated alkanes) is 4. The number of halogens is 2. The molecule has 74 heavy (non-hydrogen) atoms. The molecule has 4 aromatic heterocycles. The highest BCUT2D eigenvalue weighted by Crippen LogP contribution is 2.37. The summed E-state index contributed by atoms with van der Waals surface area (Å²) in [5.41, 5.74) is -0.957. The van der Waals surface area contributed by atoms with E-state index in [0.717, 1.165) is 60.3 Å². The monoisotopic (exact) mass is 1020 g/mol. The fourth-order valence-electron chi connectivity index (χ4n) is 9.30. The number of amides is 2. The molecule has 16 nitrogen and oxygen atoms in total. The van der Waals surface area contributed by atoms with Crippen molar-refractivity contribution < 1.29 is 46.3 Å². The highest BCUT2D eigenvalue weighted by Gasteiger charge is 2.49. The predicted molar refractivity (Wildman–Crippen MR) is 278 cm³/mol. The molecule has 0 aliphatic carbocycles. The second-order valence-corrected chi connectivity index (χ2v) is 19.5. The maximum atomic E-state index is 15.6. The standard InChI is InChI=1S/C29H37FN4O4.C27H33FN4O4/c1-4-21(35)11-6-5-7-13-24(33-28(36)29(30)14-16-34(2)17-15-29)27-31-19-25(38-27)22-18-20-10-8-9-12-23(20)32-26(22)37-3;1-4-19(33)11-6-5-7-13-22(31-26(34)27(28)16-32(2)17-27)25-29-15-23(36-25)20-14-18-10-8-9-12-21(18)30-24(20)35-3/h8-10,12,18-19,24H,4-7,11,13-17H2,1-3H3,(H,33,36);8-10,12,14-15,22H,4-7,11,13,16-17H2,1-3H3,(H,31,34)/t24-;22-/m00/s1. The van der Waals surface area contributed by atoms with Gasteiger partial charge in [-0.3, -0.25) is 24.1 Å². The number of carbonyl (C=O) groups excluding carboxylic acids is 4. The Hall–Kier alpha value is -6.66. The zero-order valence-electron chi connectivity index (χ0n) is 43.5. The third-order valence-corrected chi connectivity index (χ3v) is 13.9. The number of benzene rings is 2. The van der Waals surface area contributed by atoms with Crippen LogP contribution >= 0.6 is 0 Å². The van der Waals surface area contributed by atoms with Crippen LogP contribution in [-0.4, -0.2) is 119 Å².